The van der Waals surface area contributed by atoms with Gasteiger partial charge in [-0.3, -0.25) is 14.9 Å². The van der Waals surface area contributed by atoms with Crippen LogP contribution in [0.4, 0.5) is 5.69 Å². The van der Waals surface area contributed by atoms with Gasteiger partial charge in [-0.1, -0.05) is 28.1 Å². The predicted molar refractivity (Wildman–Crippen MR) is 128 cm³/mol. The van der Waals surface area contributed by atoms with Crippen molar-refractivity contribution in [3.05, 3.63) is 95.3 Å². The van der Waals surface area contributed by atoms with Gasteiger partial charge >= 0.3 is 0 Å². The fourth-order valence-electron chi connectivity index (χ4n) is 2.60. The number of carbonyl (C=O) groups excluding carboxylic acids is 1. The number of amides is 1. The molecule has 0 aromatic heterocycles. The minimum Gasteiger partial charge on any atom is -0.487 e. The molecule has 0 unspecified atom stereocenters. The molecule has 0 atom stereocenters. The standard InChI is InChI=1S/C20H13Br3N2O6S/c21-14-3-1-2-12(8-14)11-31-19-17(22)9-13(10-18(19)23)20(26)24-32(29,30)16-6-4-15(5-7-16)25(27)28/h1-10H,11H2,(H,24,26). The van der Waals surface area contributed by atoms with Crippen LogP contribution >= 0.6 is 47.8 Å². The average molecular weight is 649 g/mol. The molecule has 0 bridgehead atoms. The molecule has 0 spiro atoms. The van der Waals surface area contributed by atoms with Crippen molar-refractivity contribution in [2.45, 2.75) is 11.5 Å². The highest BCUT2D eigenvalue weighted by atomic mass is 79.9. The zero-order valence-electron chi connectivity index (χ0n) is 15.9. The van der Waals surface area contributed by atoms with Crippen LogP contribution in [0.25, 0.3) is 0 Å². The normalized spacial score (nSPS) is 11.1. The molecule has 0 saturated heterocycles. The lowest BCUT2D eigenvalue weighted by Gasteiger charge is -2.13. The van der Waals surface area contributed by atoms with Gasteiger partial charge in [-0.05, 0) is 73.8 Å². The van der Waals surface area contributed by atoms with Gasteiger partial charge in [0, 0.05) is 22.2 Å². The molecule has 32 heavy (non-hydrogen) atoms. The SMILES string of the molecule is O=C(NS(=O)(=O)c1ccc([N+](=O)[O-])cc1)c1cc(Br)c(OCc2cccc(Br)c2)c(Br)c1. The van der Waals surface area contributed by atoms with Crippen LogP contribution in [0.15, 0.2) is 79.0 Å². The van der Waals surface area contributed by atoms with E-state index in [1.54, 1.807) is 0 Å². The Balaban J connectivity index is 1.76. The summed E-state index contributed by atoms with van der Waals surface area (Å²) < 4.78 is 34.5. The van der Waals surface area contributed by atoms with Crippen LogP contribution in [0.5, 0.6) is 5.75 Å². The van der Waals surface area contributed by atoms with Gasteiger partial charge in [0.15, 0.2) is 0 Å². The van der Waals surface area contributed by atoms with Crippen molar-refractivity contribution in [1.29, 1.82) is 0 Å². The molecule has 12 heteroatoms. The van der Waals surface area contributed by atoms with Crippen LogP contribution < -0.4 is 9.46 Å². The number of sulfonamides is 1. The number of ether oxygens (including phenoxy) is 1. The number of halogens is 3. The third-order valence-corrected chi connectivity index (χ3v) is 7.14. The quantitative estimate of drug-likeness (QED) is 0.264. The molecule has 0 aliphatic rings. The predicted octanol–water partition coefficient (Wildman–Crippen LogP) is 5.58. The van der Waals surface area contributed by atoms with E-state index in [0.29, 0.717) is 14.7 Å². The summed E-state index contributed by atoms with van der Waals surface area (Å²) in [6.45, 7) is 0.275. The summed E-state index contributed by atoms with van der Waals surface area (Å²) >= 11 is 10.1. The molecule has 0 fully saturated rings. The molecule has 1 N–H and O–H groups in total. The highest BCUT2D eigenvalue weighted by molar-refractivity contribution is 9.11. The summed E-state index contributed by atoms with van der Waals surface area (Å²) in [4.78, 5) is 22.4. The molecular weight excluding hydrogens is 636 g/mol. The minimum absolute atomic E-state index is 0.0593. The first kappa shape index (κ1) is 24.4. The molecule has 3 rings (SSSR count). The second-order valence-electron chi connectivity index (χ2n) is 6.37. The van der Waals surface area contributed by atoms with Crippen molar-refractivity contribution < 1.29 is 22.9 Å². The van der Waals surface area contributed by atoms with E-state index in [9.17, 15) is 23.3 Å². The van der Waals surface area contributed by atoms with E-state index in [-0.39, 0.29) is 22.8 Å². The lowest BCUT2D eigenvalue weighted by atomic mass is 10.2. The van der Waals surface area contributed by atoms with Gasteiger partial charge in [-0.25, -0.2) is 13.1 Å². The number of benzene rings is 3. The van der Waals surface area contributed by atoms with Gasteiger partial charge in [0.1, 0.15) is 12.4 Å². The first-order valence-electron chi connectivity index (χ1n) is 8.75. The van der Waals surface area contributed by atoms with Crippen LogP contribution in [-0.4, -0.2) is 19.2 Å². The van der Waals surface area contributed by atoms with E-state index in [1.807, 2.05) is 29.0 Å². The maximum absolute atomic E-state index is 12.6. The monoisotopic (exact) mass is 646 g/mol. The van der Waals surface area contributed by atoms with Crippen LogP contribution in [0.1, 0.15) is 15.9 Å². The second-order valence-corrected chi connectivity index (χ2v) is 10.7. The number of nitrogens with zero attached hydrogens (tertiary/aromatic N) is 1. The number of carbonyl (C=O) groups is 1. The van der Waals surface area contributed by atoms with Crippen molar-refractivity contribution in [3.8, 4) is 5.75 Å². The summed E-state index contributed by atoms with van der Waals surface area (Å²) in [7, 11) is -4.22. The summed E-state index contributed by atoms with van der Waals surface area (Å²) in [5.41, 5.74) is 0.722. The number of nitro benzene ring substituents is 1. The van der Waals surface area contributed by atoms with Crippen LogP contribution in [0.3, 0.4) is 0 Å². The summed E-state index contributed by atoms with van der Waals surface area (Å²) in [6, 6.07) is 14.6. The van der Waals surface area contributed by atoms with Crippen LogP contribution in [-0.2, 0) is 16.6 Å². The maximum Gasteiger partial charge on any atom is 0.269 e. The molecule has 0 heterocycles. The molecule has 8 nitrogen and oxygen atoms in total. The fourth-order valence-corrected chi connectivity index (χ4v) is 5.43. The molecule has 3 aromatic rings. The minimum atomic E-state index is -4.22. The molecule has 166 valence electrons. The Labute approximate surface area is 208 Å². The van der Waals surface area contributed by atoms with Gasteiger partial charge in [0.2, 0.25) is 0 Å². The first-order chi connectivity index (χ1) is 15.1. The van der Waals surface area contributed by atoms with Crippen molar-refractivity contribution in [3.63, 3.8) is 0 Å². The smallest absolute Gasteiger partial charge is 0.269 e. The largest absolute Gasteiger partial charge is 0.487 e. The Bertz CT molecular complexity index is 1270. The number of nitro groups is 1. The van der Waals surface area contributed by atoms with Crippen molar-refractivity contribution >= 4 is 69.4 Å². The van der Waals surface area contributed by atoms with Crippen molar-refractivity contribution in [2.75, 3.05) is 0 Å². The number of hydrogen-bond acceptors (Lipinski definition) is 6. The fraction of sp³-hybridized carbons (Fsp3) is 0.0500. The third-order valence-electron chi connectivity index (χ3n) is 4.12. The molecule has 0 saturated carbocycles. The van der Waals surface area contributed by atoms with Crippen molar-refractivity contribution in [1.82, 2.24) is 4.72 Å². The number of nitrogens with one attached hydrogen (secondary N) is 1. The summed E-state index contributed by atoms with van der Waals surface area (Å²) in [5.74, 6) is -0.428. The average Bonchev–Trinajstić information content (AvgIpc) is 2.73. The molecular formula is C20H13Br3N2O6S. The van der Waals surface area contributed by atoms with E-state index >= 15 is 0 Å². The zero-order chi connectivity index (χ0) is 23.5. The number of rotatable bonds is 7. The Morgan fingerprint density at radius 2 is 1.62 bits per heavy atom. The van der Waals surface area contributed by atoms with Gasteiger partial charge < -0.3 is 4.74 Å². The van der Waals surface area contributed by atoms with E-state index in [2.05, 4.69) is 47.8 Å². The van der Waals surface area contributed by atoms with Gasteiger partial charge in [0.25, 0.3) is 21.6 Å². The van der Waals surface area contributed by atoms with E-state index in [1.165, 1.54) is 12.1 Å². The van der Waals surface area contributed by atoms with E-state index < -0.39 is 20.9 Å². The van der Waals surface area contributed by atoms with Gasteiger partial charge in [0.05, 0.1) is 18.8 Å². The molecule has 0 aliphatic carbocycles. The highest BCUT2D eigenvalue weighted by Crippen LogP contribution is 2.35. The lowest BCUT2D eigenvalue weighted by Crippen LogP contribution is -2.30. The summed E-state index contributed by atoms with van der Waals surface area (Å²) in [5, 5.41) is 10.7. The second kappa shape index (κ2) is 10.1. The zero-order valence-corrected chi connectivity index (χ0v) is 21.5. The lowest BCUT2D eigenvalue weighted by molar-refractivity contribution is -0.384. The number of hydrogen-bond donors (Lipinski definition) is 1. The Morgan fingerprint density at radius 1 is 1.00 bits per heavy atom. The van der Waals surface area contributed by atoms with Gasteiger partial charge in [-0.15, -0.1) is 0 Å². The summed E-state index contributed by atoms with van der Waals surface area (Å²) in [6.07, 6.45) is 0. The Morgan fingerprint density at radius 3 is 2.19 bits per heavy atom. The van der Waals surface area contributed by atoms with Crippen LogP contribution in [0, 0.1) is 10.1 Å². The highest BCUT2D eigenvalue weighted by Gasteiger charge is 2.21. The maximum atomic E-state index is 12.6. The molecule has 0 radical (unpaired) electrons. The first-order valence-corrected chi connectivity index (χ1v) is 12.6. The van der Waals surface area contributed by atoms with Crippen molar-refractivity contribution in [2.24, 2.45) is 0 Å². The molecule has 0 aliphatic heterocycles. The van der Waals surface area contributed by atoms with E-state index in [0.717, 1.165) is 34.3 Å². The Hall–Kier alpha value is -2.28. The van der Waals surface area contributed by atoms with Gasteiger partial charge in [-0.2, -0.15) is 0 Å². The molecule has 3 aromatic carbocycles. The van der Waals surface area contributed by atoms with Crippen LogP contribution in [0.2, 0.25) is 0 Å². The Kier molecular flexibility index (Phi) is 7.70. The van der Waals surface area contributed by atoms with E-state index in [4.69, 9.17) is 4.74 Å². The topological polar surface area (TPSA) is 116 Å². The molecule has 1 amide bonds. The number of non-ortho nitro benzene ring substituents is 1. The third kappa shape index (κ3) is 5.94.